The molecule has 4 nitrogen and oxygen atoms in total. The fourth-order valence-corrected chi connectivity index (χ4v) is 3.70. The molecule has 0 saturated carbocycles. The van der Waals surface area contributed by atoms with Crippen molar-refractivity contribution in [1.29, 1.82) is 0 Å². The summed E-state index contributed by atoms with van der Waals surface area (Å²) in [6.45, 7) is 6.37. The summed E-state index contributed by atoms with van der Waals surface area (Å²) in [7, 11) is 0. The predicted octanol–water partition coefficient (Wildman–Crippen LogP) is 2.88. The topological polar surface area (TPSA) is 38.6 Å². The van der Waals surface area contributed by atoms with Crippen LogP contribution in [0.1, 0.15) is 38.8 Å². The summed E-state index contributed by atoms with van der Waals surface area (Å²) in [6, 6.07) is 0.342. The average molecular weight is 293 g/mol. The van der Waals surface area contributed by atoms with Crippen molar-refractivity contribution in [2.75, 3.05) is 13.2 Å². The van der Waals surface area contributed by atoms with Crippen LogP contribution in [-0.2, 0) is 11.2 Å². The van der Waals surface area contributed by atoms with Crippen LogP contribution in [0.15, 0.2) is 17.8 Å². The Morgan fingerprint density at radius 1 is 1.60 bits per heavy atom. The first-order valence-electron chi connectivity index (χ1n) is 7.50. The largest absolute Gasteiger partial charge is 0.374 e. The lowest BCUT2D eigenvalue weighted by Gasteiger charge is -2.34. The van der Waals surface area contributed by atoms with Crippen molar-refractivity contribution >= 4 is 16.3 Å². The van der Waals surface area contributed by atoms with Gasteiger partial charge in [-0.2, -0.15) is 0 Å². The monoisotopic (exact) mass is 293 g/mol. The first-order valence-corrected chi connectivity index (χ1v) is 8.37. The molecule has 0 bridgehead atoms. The number of hydrogen-bond donors (Lipinski definition) is 1. The highest BCUT2D eigenvalue weighted by molar-refractivity contribution is 7.15. The van der Waals surface area contributed by atoms with E-state index in [1.54, 1.807) is 11.3 Å². The van der Waals surface area contributed by atoms with Crippen molar-refractivity contribution in [3.05, 3.63) is 23.5 Å². The molecule has 1 aliphatic rings. The van der Waals surface area contributed by atoms with E-state index in [1.807, 2.05) is 0 Å². The maximum absolute atomic E-state index is 6.03. The Kier molecular flexibility index (Phi) is 4.10. The molecule has 3 heterocycles. The summed E-state index contributed by atoms with van der Waals surface area (Å²) >= 11 is 1.68. The molecule has 0 aromatic carbocycles. The Hall–Kier alpha value is -0.910. The van der Waals surface area contributed by atoms with Crippen molar-refractivity contribution in [3.8, 4) is 0 Å². The molecule has 3 rings (SSSR count). The first-order chi connectivity index (χ1) is 9.71. The molecule has 2 atom stereocenters. The molecule has 20 heavy (non-hydrogen) atoms. The van der Waals surface area contributed by atoms with Crippen molar-refractivity contribution in [3.63, 3.8) is 0 Å². The van der Waals surface area contributed by atoms with Crippen LogP contribution in [-0.4, -0.2) is 34.2 Å². The summed E-state index contributed by atoms with van der Waals surface area (Å²) in [5.41, 5.74) is 1.11. The van der Waals surface area contributed by atoms with Crippen LogP contribution in [0.4, 0.5) is 0 Å². The zero-order valence-corrected chi connectivity index (χ0v) is 13.1. The molecule has 0 aliphatic carbocycles. The molecular weight excluding hydrogens is 270 g/mol. The summed E-state index contributed by atoms with van der Waals surface area (Å²) < 4.78 is 8.14. The molecule has 1 saturated heterocycles. The van der Waals surface area contributed by atoms with Gasteiger partial charge in [0.1, 0.15) is 0 Å². The van der Waals surface area contributed by atoms with Crippen LogP contribution in [0, 0.1) is 0 Å². The number of nitrogens with zero attached hydrogens (tertiary/aromatic N) is 2. The summed E-state index contributed by atoms with van der Waals surface area (Å²) in [6.07, 6.45) is 8.59. The van der Waals surface area contributed by atoms with Gasteiger partial charge in [0.15, 0.2) is 4.96 Å². The normalized spacial score (nSPS) is 24.5. The van der Waals surface area contributed by atoms with Crippen molar-refractivity contribution in [2.24, 2.45) is 0 Å². The van der Waals surface area contributed by atoms with Gasteiger partial charge in [-0.3, -0.25) is 4.40 Å². The minimum Gasteiger partial charge on any atom is -0.374 e. The van der Waals surface area contributed by atoms with Crippen LogP contribution in [0.25, 0.3) is 4.96 Å². The lowest BCUT2D eigenvalue weighted by molar-refractivity contribution is -0.0116. The fourth-order valence-electron chi connectivity index (χ4n) is 2.98. The highest BCUT2D eigenvalue weighted by Crippen LogP contribution is 2.30. The van der Waals surface area contributed by atoms with Gasteiger partial charge in [-0.05, 0) is 32.7 Å². The Balaban J connectivity index is 1.76. The van der Waals surface area contributed by atoms with E-state index in [9.17, 15) is 0 Å². The Morgan fingerprint density at radius 3 is 3.20 bits per heavy atom. The van der Waals surface area contributed by atoms with E-state index in [0.29, 0.717) is 6.04 Å². The quantitative estimate of drug-likeness (QED) is 0.890. The second-order valence-electron chi connectivity index (χ2n) is 5.80. The van der Waals surface area contributed by atoms with Gasteiger partial charge in [-0.25, -0.2) is 4.98 Å². The fraction of sp³-hybridized carbons (Fsp3) is 0.667. The standard InChI is InChI=1S/C15H23N3OS/c1-3-6-16-13(15(2)5-4-8-19-15)10-12-11-18-7-9-20-14(18)17-12/h7,9,11,13,16H,3-6,8,10H2,1-2H3. The van der Waals surface area contributed by atoms with E-state index in [1.165, 1.54) is 6.42 Å². The van der Waals surface area contributed by atoms with Crippen LogP contribution in [0.3, 0.4) is 0 Å². The van der Waals surface area contributed by atoms with E-state index in [2.05, 4.69) is 41.3 Å². The Bertz CT molecular complexity index is 528. The smallest absolute Gasteiger partial charge is 0.193 e. The molecule has 1 fully saturated rings. The Labute approximate surface area is 124 Å². The maximum atomic E-state index is 6.03. The Morgan fingerprint density at radius 2 is 2.50 bits per heavy atom. The molecule has 0 spiro atoms. The van der Waals surface area contributed by atoms with Gasteiger partial charge >= 0.3 is 0 Å². The summed E-state index contributed by atoms with van der Waals surface area (Å²) in [5.74, 6) is 0. The number of imidazole rings is 1. The van der Waals surface area contributed by atoms with E-state index >= 15 is 0 Å². The lowest BCUT2D eigenvalue weighted by Crippen LogP contribution is -2.50. The molecule has 110 valence electrons. The predicted molar refractivity (Wildman–Crippen MR) is 82.4 cm³/mol. The van der Waals surface area contributed by atoms with Crippen LogP contribution in [0.5, 0.6) is 0 Å². The minimum absolute atomic E-state index is 0.0494. The van der Waals surface area contributed by atoms with Crippen molar-refractivity contribution in [2.45, 2.75) is 51.2 Å². The van der Waals surface area contributed by atoms with Crippen molar-refractivity contribution in [1.82, 2.24) is 14.7 Å². The molecule has 0 radical (unpaired) electrons. The highest BCUT2D eigenvalue weighted by atomic mass is 32.1. The SMILES string of the molecule is CCCNC(Cc1cn2ccsc2n1)C1(C)CCCO1. The number of rotatable bonds is 6. The van der Waals surface area contributed by atoms with Gasteiger partial charge in [-0.1, -0.05) is 6.92 Å². The zero-order valence-electron chi connectivity index (χ0n) is 12.3. The molecule has 1 aliphatic heterocycles. The molecule has 5 heteroatoms. The number of hydrogen-bond acceptors (Lipinski definition) is 4. The van der Waals surface area contributed by atoms with Gasteiger partial charge in [-0.15, -0.1) is 11.3 Å². The van der Waals surface area contributed by atoms with Gasteiger partial charge in [0, 0.05) is 36.8 Å². The number of fused-ring (bicyclic) bond motifs is 1. The molecule has 0 amide bonds. The second kappa shape index (κ2) is 5.84. The number of aromatic nitrogens is 2. The van der Waals surface area contributed by atoms with E-state index in [0.717, 1.165) is 43.1 Å². The van der Waals surface area contributed by atoms with Gasteiger partial charge < -0.3 is 10.1 Å². The minimum atomic E-state index is -0.0494. The van der Waals surface area contributed by atoms with Gasteiger partial charge in [0.25, 0.3) is 0 Å². The van der Waals surface area contributed by atoms with Crippen LogP contribution >= 0.6 is 11.3 Å². The van der Waals surface area contributed by atoms with E-state index in [-0.39, 0.29) is 5.60 Å². The maximum Gasteiger partial charge on any atom is 0.193 e. The number of nitrogens with one attached hydrogen (secondary N) is 1. The molecule has 2 aromatic rings. The first kappa shape index (κ1) is 14.0. The van der Waals surface area contributed by atoms with Crippen molar-refractivity contribution < 1.29 is 4.74 Å². The second-order valence-corrected chi connectivity index (χ2v) is 6.67. The third-order valence-corrected chi connectivity index (χ3v) is 4.95. The molecular formula is C15H23N3OS. The molecule has 2 unspecified atom stereocenters. The van der Waals surface area contributed by atoms with Gasteiger partial charge in [0.05, 0.1) is 11.3 Å². The molecule has 2 aromatic heterocycles. The van der Waals surface area contributed by atoms with Crippen LogP contribution < -0.4 is 5.32 Å². The summed E-state index contributed by atoms with van der Waals surface area (Å²) in [5, 5.41) is 5.74. The number of thiazole rings is 1. The highest BCUT2D eigenvalue weighted by Gasteiger charge is 2.38. The third-order valence-electron chi connectivity index (χ3n) is 4.18. The third kappa shape index (κ3) is 2.75. The average Bonchev–Trinajstić information content (AvgIpc) is 3.10. The lowest BCUT2D eigenvalue weighted by atomic mass is 9.89. The van der Waals surface area contributed by atoms with Gasteiger partial charge in [0.2, 0.25) is 0 Å². The zero-order chi connectivity index (χ0) is 14.0. The van der Waals surface area contributed by atoms with Crippen LogP contribution in [0.2, 0.25) is 0 Å². The summed E-state index contributed by atoms with van der Waals surface area (Å²) in [4.78, 5) is 5.78. The number of ether oxygens (including phenoxy) is 1. The molecule has 1 N–H and O–H groups in total. The van der Waals surface area contributed by atoms with E-state index in [4.69, 9.17) is 9.72 Å². The van der Waals surface area contributed by atoms with E-state index < -0.39 is 0 Å².